The summed E-state index contributed by atoms with van der Waals surface area (Å²) in [4.78, 5) is 11.1. The second-order valence-corrected chi connectivity index (χ2v) is 5.18. The molecule has 0 spiro atoms. The fourth-order valence-electron chi connectivity index (χ4n) is 1.90. The zero-order valence-electron chi connectivity index (χ0n) is 9.65. The Hall–Kier alpha value is -0.810. The highest BCUT2D eigenvalue weighted by molar-refractivity contribution is 7.99. The van der Waals surface area contributed by atoms with Crippen LogP contribution < -0.4 is 5.73 Å². The van der Waals surface area contributed by atoms with Crippen LogP contribution in [0.1, 0.15) is 18.5 Å². The van der Waals surface area contributed by atoms with Crippen molar-refractivity contribution in [3.05, 3.63) is 11.8 Å². The zero-order chi connectivity index (χ0) is 11.4. The fourth-order valence-corrected chi connectivity index (χ4v) is 2.81. The lowest BCUT2D eigenvalue weighted by molar-refractivity contribution is 0.362. The number of rotatable bonds is 4. The molecule has 4 nitrogen and oxygen atoms in total. The second kappa shape index (κ2) is 5.50. The lowest BCUT2D eigenvalue weighted by Gasteiger charge is -2.13. The van der Waals surface area contributed by atoms with E-state index in [2.05, 4.69) is 14.9 Å². The Bertz CT molecular complexity index is 330. The molecule has 1 aliphatic rings. The third kappa shape index (κ3) is 3.35. The molecule has 0 unspecified atom stereocenters. The van der Waals surface area contributed by atoms with E-state index in [1.807, 2.05) is 6.92 Å². The Balaban J connectivity index is 1.80. The van der Waals surface area contributed by atoms with Gasteiger partial charge in [0.15, 0.2) is 5.16 Å². The Kier molecular flexibility index (Phi) is 4.01. The van der Waals surface area contributed by atoms with Gasteiger partial charge in [0, 0.05) is 24.1 Å². The van der Waals surface area contributed by atoms with Gasteiger partial charge in [0.1, 0.15) is 5.82 Å². The number of thioether (sulfide) groups is 1. The predicted molar refractivity (Wildman–Crippen MR) is 67.6 cm³/mol. The molecular weight excluding hydrogens is 220 g/mol. The molecule has 0 bridgehead atoms. The van der Waals surface area contributed by atoms with E-state index in [1.165, 1.54) is 25.9 Å². The summed E-state index contributed by atoms with van der Waals surface area (Å²) in [5.74, 6) is 1.61. The van der Waals surface area contributed by atoms with Crippen molar-refractivity contribution in [3.63, 3.8) is 0 Å². The van der Waals surface area contributed by atoms with Crippen molar-refractivity contribution in [2.75, 3.05) is 31.1 Å². The third-order valence-corrected chi connectivity index (χ3v) is 3.52. The lowest BCUT2D eigenvalue weighted by Crippen LogP contribution is -2.21. The second-order valence-electron chi connectivity index (χ2n) is 4.11. The fraction of sp³-hybridized carbons (Fsp3) is 0.636. The number of anilines is 1. The number of aromatic nitrogens is 2. The van der Waals surface area contributed by atoms with Crippen molar-refractivity contribution < 1.29 is 0 Å². The van der Waals surface area contributed by atoms with E-state index in [1.54, 1.807) is 17.8 Å². The molecule has 0 aliphatic carbocycles. The van der Waals surface area contributed by atoms with Crippen LogP contribution in [0, 0.1) is 6.92 Å². The highest BCUT2D eigenvalue weighted by Gasteiger charge is 2.11. The largest absolute Gasteiger partial charge is 0.384 e. The zero-order valence-corrected chi connectivity index (χ0v) is 10.5. The average molecular weight is 238 g/mol. The van der Waals surface area contributed by atoms with Gasteiger partial charge in [0.05, 0.1) is 0 Å². The summed E-state index contributed by atoms with van der Waals surface area (Å²) in [6.07, 6.45) is 2.69. The monoisotopic (exact) mass is 238 g/mol. The van der Waals surface area contributed by atoms with Crippen LogP contribution in [0.5, 0.6) is 0 Å². The minimum absolute atomic E-state index is 0.566. The van der Waals surface area contributed by atoms with Crippen LogP contribution in [0.4, 0.5) is 5.82 Å². The first kappa shape index (κ1) is 11.7. The first-order valence-electron chi connectivity index (χ1n) is 5.70. The van der Waals surface area contributed by atoms with Crippen LogP contribution in [-0.4, -0.2) is 40.3 Å². The summed E-state index contributed by atoms with van der Waals surface area (Å²) in [5.41, 5.74) is 6.62. The van der Waals surface area contributed by atoms with Gasteiger partial charge in [-0.2, -0.15) is 0 Å². The summed E-state index contributed by atoms with van der Waals surface area (Å²) in [6, 6.07) is 1.80. The van der Waals surface area contributed by atoms with Gasteiger partial charge in [-0.15, -0.1) is 0 Å². The molecule has 2 heterocycles. The van der Waals surface area contributed by atoms with E-state index in [-0.39, 0.29) is 0 Å². The van der Waals surface area contributed by atoms with E-state index in [4.69, 9.17) is 5.73 Å². The molecule has 88 valence electrons. The Morgan fingerprint density at radius 1 is 1.38 bits per heavy atom. The van der Waals surface area contributed by atoms with Crippen molar-refractivity contribution in [2.45, 2.75) is 24.9 Å². The van der Waals surface area contributed by atoms with E-state index < -0.39 is 0 Å². The van der Waals surface area contributed by atoms with Gasteiger partial charge >= 0.3 is 0 Å². The number of aryl methyl sites for hydroxylation is 1. The first-order valence-corrected chi connectivity index (χ1v) is 6.69. The number of nitrogen functional groups attached to an aromatic ring is 1. The molecule has 0 amide bonds. The van der Waals surface area contributed by atoms with Crippen LogP contribution in [0.15, 0.2) is 11.2 Å². The van der Waals surface area contributed by atoms with Gasteiger partial charge in [-0.25, -0.2) is 9.97 Å². The Morgan fingerprint density at radius 3 is 2.81 bits per heavy atom. The number of hydrogen-bond donors (Lipinski definition) is 1. The third-order valence-electron chi connectivity index (χ3n) is 2.69. The molecule has 0 aromatic carbocycles. The lowest BCUT2D eigenvalue weighted by atomic mass is 10.4. The van der Waals surface area contributed by atoms with Gasteiger partial charge in [-0.1, -0.05) is 11.8 Å². The Labute approximate surface area is 101 Å². The highest BCUT2D eigenvalue weighted by atomic mass is 32.2. The molecule has 0 saturated carbocycles. The molecule has 1 fully saturated rings. The summed E-state index contributed by atoms with van der Waals surface area (Å²) < 4.78 is 0. The smallest absolute Gasteiger partial charge is 0.189 e. The van der Waals surface area contributed by atoms with Gasteiger partial charge < -0.3 is 10.6 Å². The Morgan fingerprint density at radius 2 is 2.12 bits per heavy atom. The van der Waals surface area contributed by atoms with Crippen LogP contribution in [-0.2, 0) is 0 Å². The van der Waals surface area contributed by atoms with Crippen molar-refractivity contribution in [3.8, 4) is 0 Å². The molecule has 0 atom stereocenters. The van der Waals surface area contributed by atoms with E-state index in [9.17, 15) is 0 Å². The van der Waals surface area contributed by atoms with E-state index in [0.717, 1.165) is 23.1 Å². The maximum atomic E-state index is 5.68. The first-order chi connectivity index (χ1) is 7.74. The van der Waals surface area contributed by atoms with E-state index in [0.29, 0.717) is 5.82 Å². The van der Waals surface area contributed by atoms with Gasteiger partial charge in [-0.3, -0.25) is 0 Å². The van der Waals surface area contributed by atoms with Crippen molar-refractivity contribution >= 4 is 17.6 Å². The van der Waals surface area contributed by atoms with Crippen LogP contribution >= 0.6 is 11.8 Å². The predicted octanol–water partition coefficient (Wildman–Crippen LogP) is 1.56. The molecule has 2 rings (SSSR count). The highest BCUT2D eigenvalue weighted by Crippen LogP contribution is 2.16. The average Bonchev–Trinajstić information content (AvgIpc) is 2.69. The van der Waals surface area contributed by atoms with Gasteiger partial charge in [0.2, 0.25) is 0 Å². The molecule has 1 aliphatic heterocycles. The minimum Gasteiger partial charge on any atom is -0.384 e. The summed E-state index contributed by atoms with van der Waals surface area (Å²) in [5, 5.41) is 0.802. The summed E-state index contributed by atoms with van der Waals surface area (Å²) in [6.45, 7) is 5.57. The normalized spacial score (nSPS) is 16.8. The topological polar surface area (TPSA) is 55.0 Å². The molecule has 16 heavy (non-hydrogen) atoms. The molecule has 0 radical (unpaired) electrons. The number of nitrogens with two attached hydrogens (primary N) is 1. The molecule has 2 N–H and O–H groups in total. The molecule has 1 aromatic rings. The van der Waals surface area contributed by atoms with Crippen LogP contribution in [0.3, 0.4) is 0 Å². The van der Waals surface area contributed by atoms with Crippen LogP contribution in [0.2, 0.25) is 0 Å². The number of nitrogens with zero attached hydrogens (tertiary/aromatic N) is 3. The molecule has 1 saturated heterocycles. The summed E-state index contributed by atoms with van der Waals surface area (Å²) >= 11 is 1.69. The molecule has 5 heteroatoms. The maximum absolute atomic E-state index is 5.68. The van der Waals surface area contributed by atoms with Gasteiger partial charge in [0.25, 0.3) is 0 Å². The van der Waals surface area contributed by atoms with Crippen molar-refractivity contribution in [1.82, 2.24) is 14.9 Å². The number of hydrogen-bond acceptors (Lipinski definition) is 5. The quantitative estimate of drug-likeness (QED) is 0.637. The molecular formula is C11H18N4S. The SMILES string of the molecule is Cc1cc(N)nc(SCCN2CCCC2)n1. The van der Waals surface area contributed by atoms with Crippen LogP contribution in [0.25, 0.3) is 0 Å². The summed E-state index contributed by atoms with van der Waals surface area (Å²) in [7, 11) is 0. The van der Waals surface area contributed by atoms with E-state index >= 15 is 0 Å². The number of likely N-dealkylation sites (tertiary alicyclic amines) is 1. The minimum atomic E-state index is 0.566. The maximum Gasteiger partial charge on any atom is 0.189 e. The van der Waals surface area contributed by atoms with Crippen molar-refractivity contribution in [1.29, 1.82) is 0 Å². The van der Waals surface area contributed by atoms with Crippen molar-refractivity contribution in [2.24, 2.45) is 0 Å². The molecule has 1 aromatic heterocycles. The van der Waals surface area contributed by atoms with Gasteiger partial charge in [-0.05, 0) is 32.9 Å². The standard InChI is InChI=1S/C11H18N4S/c1-9-8-10(12)14-11(13-9)16-7-6-15-4-2-3-5-15/h8H,2-7H2,1H3,(H2,12,13,14).